The summed E-state index contributed by atoms with van der Waals surface area (Å²) in [5.41, 5.74) is 5.26. The second-order valence-electron chi connectivity index (χ2n) is 12.2. The zero-order valence-corrected chi connectivity index (χ0v) is 27.2. The highest BCUT2D eigenvalue weighted by Gasteiger charge is 2.29. The lowest BCUT2D eigenvalue weighted by molar-refractivity contribution is -0.675. The molecule has 50 heavy (non-hydrogen) atoms. The summed E-state index contributed by atoms with van der Waals surface area (Å²) < 4.78 is 68.0. The van der Waals surface area contributed by atoms with Crippen LogP contribution in [0.15, 0.2) is 73.1 Å². The van der Waals surface area contributed by atoms with Crippen LogP contribution in [0.4, 0.5) is 37.7 Å². The van der Waals surface area contributed by atoms with Crippen molar-refractivity contribution in [2.24, 2.45) is 11.8 Å². The molecule has 0 atom stereocenters. The number of anilines is 2. The smallest absolute Gasteiger partial charge is 0.430 e. The number of nitrogens with zero attached hydrogens (tertiary/aromatic N) is 2. The average molecular weight is 711 g/mol. The molecule has 9 nitrogen and oxygen atoms in total. The molecule has 1 fully saturated rings. The lowest BCUT2D eigenvalue weighted by atomic mass is 9.82. The van der Waals surface area contributed by atoms with Crippen LogP contribution >= 0.6 is 0 Å². The van der Waals surface area contributed by atoms with Gasteiger partial charge in [-0.1, -0.05) is 24.3 Å². The Morgan fingerprint density at radius 2 is 0.940 bits per heavy atom. The number of hydrogen-bond acceptors (Lipinski definition) is 6. The number of fused-ring (bicyclic) bond motifs is 3. The molecule has 4 aliphatic rings. The summed E-state index contributed by atoms with van der Waals surface area (Å²) in [6, 6.07) is 22.4. The van der Waals surface area contributed by atoms with Gasteiger partial charge in [-0.05, 0) is 56.1 Å². The maximum absolute atomic E-state index is 10.5. The monoisotopic (exact) mass is 710 g/mol. The number of carbonyl (C=O) groups is 2. The Kier molecular flexibility index (Phi) is 14.2. The number of carboxylic acids is 2. The Labute approximate surface area is 284 Å². The molecule has 1 saturated carbocycles. The van der Waals surface area contributed by atoms with Crippen molar-refractivity contribution in [3.63, 3.8) is 0 Å². The number of aromatic nitrogens is 2. The molecule has 6 bridgehead atoms. The van der Waals surface area contributed by atoms with Gasteiger partial charge in [-0.15, -0.1) is 0 Å². The van der Waals surface area contributed by atoms with Gasteiger partial charge in [0.25, 0.3) is 0 Å². The normalized spacial score (nSPS) is 18.2. The number of aryl methyl sites for hydroxylation is 2. The fourth-order valence-corrected chi connectivity index (χ4v) is 6.16. The summed E-state index contributed by atoms with van der Waals surface area (Å²) in [6.45, 7) is 4.30. The number of carboxylic acid groups (broad SMARTS) is 2. The van der Waals surface area contributed by atoms with Gasteiger partial charge in [-0.2, -0.15) is 35.5 Å². The summed E-state index contributed by atoms with van der Waals surface area (Å²) in [6.07, 6.45) is 3.09. The van der Waals surface area contributed by atoms with Crippen LogP contribution in [0.3, 0.4) is 0 Å². The average Bonchev–Trinajstić information content (AvgIpc) is 3.07. The molecule has 4 aromatic rings. The predicted octanol–water partition coefficient (Wildman–Crippen LogP) is 3.85. The number of halogens is 6. The van der Waals surface area contributed by atoms with E-state index in [1.807, 2.05) is 0 Å². The van der Waals surface area contributed by atoms with Crippen molar-refractivity contribution in [1.29, 1.82) is 0 Å². The first kappa shape index (κ1) is 39.8. The Balaban J connectivity index is 0.000000383. The molecular formula is C35H40F6N4O5. The number of pyridine rings is 2. The van der Waals surface area contributed by atoms with Crippen molar-refractivity contribution in [3.8, 4) is 0 Å². The Morgan fingerprint density at radius 1 is 0.600 bits per heavy atom. The third-order valence-corrected chi connectivity index (χ3v) is 8.74. The first-order valence-electron chi connectivity index (χ1n) is 16.1. The minimum Gasteiger partial charge on any atom is -0.542 e. The van der Waals surface area contributed by atoms with Gasteiger partial charge in [0, 0.05) is 50.2 Å². The van der Waals surface area contributed by atoms with Gasteiger partial charge < -0.3 is 35.9 Å². The first-order valence-corrected chi connectivity index (χ1v) is 16.1. The molecule has 2 aromatic heterocycles. The maximum Gasteiger partial charge on any atom is 0.430 e. The van der Waals surface area contributed by atoms with Gasteiger partial charge in [0.15, 0.2) is 12.4 Å². The molecule has 0 amide bonds. The minimum atomic E-state index is -5.19. The Morgan fingerprint density at radius 3 is 1.28 bits per heavy atom. The van der Waals surface area contributed by atoms with Crippen molar-refractivity contribution in [2.45, 2.75) is 70.4 Å². The second-order valence-corrected chi connectivity index (χ2v) is 12.2. The van der Waals surface area contributed by atoms with E-state index in [1.165, 1.54) is 78.1 Å². The van der Waals surface area contributed by atoms with E-state index >= 15 is 0 Å². The van der Waals surface area contributed by atoms with Gasteiger partial charge in [0.2, 0.25) is 11.0 Å². The molecule has 0 unspecified atom stereocenters. The number of nitrogens with one attached hydrogen (secondary N) is 2. The molecule has 272 valence electrons. The van der Waals surface area contributed by atoms with Crippen LogP contribution in [-0.2, 0) is 22.7 Å². The number of alkyl halides is 6. The standard InChI is InChI=1S/C31H36N4.2C2HF3O2.H2O/c1-6-18-34-20-16-28(26-8-2-4-10-30(26)34)32-22-24-12-14-25(15-13-24)23-33-29-17-21-35(19-7-1)31-11-5-3-9-27(29)31;2*3-2(4,5)1(6)7;/h2-5,8-11,16-17,20-21,24-25H,1,6-7,12-15,18-19,22-23H2;2*(H,6,7);1H2. The van der Waals surface area contributed by atoms with E-state index in [4.69, 9.17) is 19.8 Å². The van der Waals surface area contributed by atoms with Crippen LogP contribution in [0.2, 0.25) is 0 Å². The lowest BCUT2D eigenvalue weighted by Crippen LogP contribution is -2.37. The number of hydrogen-bond donors (Lipinski definition) is 2. The number of aliphatic carboxylic acids is 2. The highest BCUT2D eigenvalue weighted by Crippen LogP contribution is 2.31. The van der Waals surface area contributed by atoms with Crippen LogP contribution in [0.25, 0.3) is 21.8 Å². The molecule has 0 saturated heterocycles. The minimum absolute atomic E-state index is 0. The van der Waals surface area contributed by atoms with Crippen molar-refractivity contribution in [3.05, 3.63) is 73.1 Å². The first-order chi connectivity index (χ1) is 23.2. The molecule has 4 N–H and O–H groups in total. The lowest BCUT2D eigenvalue weighted by Gasteiger charge is -2.29. The zero-order chi connectivity index (χ0) is 35.6. The van der Waals surface area contributed by atoms with Crippen molar-refractivity contribution in [2.75, 3.05) is 23.7 Å². The third kappa shape index (κ3) is 11.2. The number of para-hydroxylation sites is 2. The fraction of sp³-hybridized carbons (Fsp3) is 0.429. The molecule has 3 aliphatic heterocycles. The fourth-order valence-electron chi connectivity index (χ4n) is 6.16. The molecular weight excluding hydrogens is 670 g/mol. The molecule has 8 rings (SSSR count). The van der Waals surface area contributed by atoms with Gasteiger partial charge in [-0.3, -0.25) is 0 Å². The van der Waals surface area contributed by atoms with Crippen LogP contribution in [0.1, 0.15) is 44.9 Å². The molecule has 1 aliphatic carbocycles. The summed E-state index contributed by atoms with van der Waals surface area (Å²) in [5, 5.41) is 27.9. The van der Waals surface area contributed by atoms with E-state index in [9.17, 15) is 26.3 Å². The van der Waals surface area contributed by atoms with E-state index in [2.05, 4.69) is 92.8 Å². The van der Waals surface area contributed by atoms with E-state index in [0.29, 0.717) is 0 Å². The van der Waals surface area contributed by atoms with E-state index < -0.39 is 24.3 Å². The van der Waals surface area contributed by atoms with Gasteiger partial charge in [-0.25, -0.2) is 0 Å². The highest BCUT2D eigenvalue weighted by atomic mass is 19.4. The topological polar surface area (TPSA) is 144 Å². The Bertz CT molecular complexity index is 1600. The van der Waals surface area contributed by atoms with Gasteiger partial charge in [0.05, 0.1) is 22.1 Å². The second kappa shape index (κ2) is 17.8. The van der Waals surface area contributed by atoms with Gasteiger partial charge in [0.1, 0.15) is 25.0 Å². The van der Waals surface area contributed by atoms with Crippen molar-refractivity contribution < 1.29 is 60.8 Å². The molecule has 15 heteroatoms. The predicted molar refractivity (Wildman–Crippen MR) is 170 cm³/mol. The van der Waals surface area contributed by atoms with E-state index in [1.54, 1.807) is 0 Å². The highest BCUT2D eigenvalue weighted by molar-refractivity contribution is 5.89. The number of rotatable bonds is 0. The third-order valence-electron chi connectivity index (χ3n) is 8.74. The van der Waals surface area contributed by atoms with Crippen LogP contribution in [0.5, 0.6) is 0 Å². The van der Waals surface area contributed by atoms with Crippen molar-refractivity contribution in [1.82, 2.24) is 0 Å². The molecule has 0 spiro atoms. The van der Waals surface area contributed by atoms with Crippen molar-refractivity contribution >= 4 is 45.1 Å². The SMILES string of the molecule is O.O=C([O-])C(F)(F)F.O=C([O-])C(F)(F)F.c1ccc2c(c1)c1cc[n+]2CCCCC[n+]2ccc(c3ccccc32)NCC2CCC(CC2)CN1. The molecule has 2 aromatic carbocycles. The summed E-state index contributed by atoms with van der Waals surface area (Å²) in [5.74, 6) is -4.48. The summed E-state index contributed by atoms with van der Waals surface area (Å²) in [7, 11) is 0. The van der Waals surface area contributed by atoms with Crippen LogP contribution in [0, 0.1) is 11.8 Å². The summed E-state index contributed by atoms with van der Waals surface area (Å²) in [4.78, 5) is 17.6. The summed E-state index contributed by atoms with van der Waals surface area (Å²) >= 11 is 0. The maximum atomic E-state index is 10.5. The quantitative estimate of drug-likeness (QED) is 0.210. The number of carbonyl (C=O) groups excluding carboxylic acids is 2. The largest absolute Gasteiger partial charge is 0.542 e. The van der Waals surface area contributed by atoms with E-state index in [-0.39, 0.29) is 5.48 Å². The van der Waals surface area contributed by atoms with Gasteiger partial charge >= 0.3 is 12.4 Å². The van der Waals surface area contributed by atoms with Crippen LogP contribution < -0.4 is 30.0 Å². The molecule has 0 radical (unpaired) electrons. The van der Waals surface area contributed by atoms with E-state index in [0.717, 1.165) is 38.0 Å². The Hall–Kier alpha value is -4.66. The number of benzene rings is 2. The van der Waals surface area contributed by atoms with Crippen LogP contribution in [-0.4, -0.2) is 42.9 Å². The molecule has 5 heterocycles. The zero-order valence-electron chi connectivity index (χ0n) is 27.2.